The van der Waals surface area contributed by atoms with Crippen molar-refractivity contribution in [1.29, 1.82) is 0 Å². The van der Waals surface area contributed by atoms with Gasteiger partial charge in [0.25, 0.3) is 0 Å². The van der Waals surface area contributed by atoms with Gasteiger partial charge < -0.3 is 10.6 Å². The van der Waals surface area contributed by atoms with Crippen LogP contribution in [0.3, 0.4) is 0 Å². The van der Waals surface area contributed by atoms with Crippen LogP contribution in [0.15, 0.2) is 18.3 Å². The van der Waals surface area contributed by atoms with Crippen molar-refractivity contribution in [1.82, 2.24) is 19.7 Å². The minimum absolute atomic E-state index is 0.0728. The standard InChI is InChI=1S/C21H26F3N5O/c1-10(2)29-18(19-14-6-13(7-15(14)19)28(4)11(3)30)8-17(27-29)12-5-16(21(22,23)24)20(25)26-9-12/h5,8-10,13-15,19H,6-7H2,1-4H3,(H2,25,26). The van der Waals surface area contributed by atoms with Gasteiger partial charge in [0.2, 0.25) is 5.91 Å². The van der Waals surface area contributed by atoms with Gasteiger partial charge in [0.1, 0.15) is 5.82 Å². The molecular formula is C21H26F3N5O. The molecule has 0 spiro atoms. The van der Waals surface area contributed by atoms with Crippen molar-refractivity contribution < 1.29 is 18.0 Å². The highest BCUT2D eigenvalue weighted by Gasteiger charge is 2.58. The molecule has 30 heavy (non-hydrogen) atoms. The van der Waals surface area contributed by atoms with E-state index in [1.165, 1.54) is 6.20 Å². The van der Waals surface area contributed by atoms with Crippen LogP contribution in [-0.4, -0.2) is 38.7 Å². The molecule has 162 valence electrons. The van der Waals surface area contributed by atoms with Gasteiger partial charge in [-0.15, -0.1) is 0 Å². The number of halogens is 3. The maximum Gasteiger partial charge on any atom is 0.419 e. The summed E-state index contributed by atoms with van der Waals surface area (Å²) < 4.78 is 41.6. The first-order valence-electron chi connectivity index (χ1n) is 10.1. The predicted molar refractivity (Wildman–Crippen MR) is 106 cm³/mol. The highest BCUT2D eigenvalue weighted by molar-refractivity contribution is 5.73. The number of carbonyl (C=O) groups excluding carboxylic acids is 1. The van der Waals surface area contributed by atoms with Crippen molar-refractivity contribution in [2.45, 2.75) is 57.8 Å². The second-order valence-electron chi connectivity index (χ2n) is 8.76. The summed E-state index contributed by atoms with van der Waals surface area (Å²) in [4.78, 5) is 17.2. The Balaban J connectivity index is 1.62. The third-order valence-electron chi connectivity index (χ3n) is 6.58. The largest absolute Gasteiger partial charge is 0.419 e. The van der Waals surface area contributed by atoms with E-state index in [-0.39, 0.29) is 18.0 Å². The molecule has 2 aliphatic rings. The van der Waals surface area contributed by atoms with Crippen molar-refractivity contribution in [3.05, 3.63) is 29.6 Å². The van der Waals surface area contributed by atoms with E-state index in [9.17, 15) is 18.0 Å². The lowest BCUT2D eigenvalue weighted by Crippen LogP contribution is -2.34. The molecule has 0 bridgehead atoms. The molecule has 0 aliphatic heterocycles. The molecule has 2 aromatic heterocycles. The van der Waals surface area contributed by atoms with Gasteiger partial charge in [0.05, 0.1) is 11.3 Å². The third kappa shape index (κ3) is 3.44. The zero-order chi connectivity index (χ0) is 22.0. The number of alkyl halides is 3. The van der Waals surface area contributed by atoms with Crippen LogP contribution >= 0.6 is 0 Å². The topological polar surface area (TPSA) is 77.0 Å². The average molecular weight is 421 g/mol. The van der Waals surface area contributed by atoms with Crippen molar-refractivity contribution in [3.63, 3.8) is 0 Å². The number of anilines is 1. The van der Waals surface area contributed by atoms with E-state index in [0.29, 0.717) is 29.0 Å². The van der Waals surface area contributed by atoms with Crippen LogP contribution in [-0.2, 0) is 11.0 Å². The zero-order valence-corrected chi connectivity index (χ0v) is 17.4. The molecule has 2 unspecified atom stereocenters. The fourth-order valence-electron chi connectivity index (χ4n) is 4.88. The maximum absolute atomic E-state index is 13.2. The highest BCUT2D eigenvalue weighted by atomic mass is 19.4. The summed E-state index contributed by atoms with van der Waals surface area (Å²) in [7, 11) is 1.84. The van der Waals surface area contributed by atoms with Crippen molar-refractivity contribution in [3.8, 4) is 11.3 Å². The molecule has 0 aromatic carbocycles. The number of fused-ring (bicyclic) bond motifs is 1. The molecule has 0 radical (unpaired) electrons. The molecule has 9 heteroatoms. The Kier molecular flexibility index (Phi) is 4.82. The van der Waals surface area contributed by atoms with Crippen LogP contribution in [0.4, 0.5) is 19.0 Å². The Hall–Kier alpha value is -2.58. The monoisotopic (exact) mass is 421 g/mol. The smallest absolute Gasteiger partial charge is 0.383 e. The van der Waals surface area contributed by atoms with Gasteiger partial charge in [-0.05, 0) is 50.7 Å². The first-order valence-corrected chi connectivity index (χ1v) is 10.1. The van der Waals surface area contributed by atoms with Gasteiger partial charge in [-0.1, -0.05) is 0 Å². The van der Waals surface area contributed by atoms with Crippen LogP contribution in [0, 0.1) is 11.8 Å². The van der Waals surface area contributed by atoms with E-state index < -0.39 is 17.6 Å². The quantitative estimate of drug-likeness (QED) is 0.807. The summed E-state index contributed by atoms with van der Waals surface area (Å²) in [6.45, 7) is 5.59. The molecule has 1 amide bonds. The van der Waals surface area contributed by atoms with Gasteiger partial charge in [-0.3, -0.25) is 9.48 Å². The van der Waals surface area contributed by atoms with Crippen LogP contribution in [0.2, 0.25) is 0 Å². The number of carbonyl (C=O) groups is 1. The second-order valence-corrected chi connectivity index (χ2v) is 8.76. The molecule has 4 rings (SSSR count). The van der Waals surface area contributed by atoms with Crippen LogP contribution in [0.1, 0.15) is 56.8 Å². The van der Waals surface area contributed by atoms with Crippen LogP contribution in [0.5, 0.6) is 0 Å². The Morgan fingerprint density at radius 3 is 2.43 bits per heavy atom. The second kappa shape index (κ2) is 6.99. The Morgan fingerprint density at radius 1 is 1.27 bits per heavy atom. The van der Waals surface area contributed by atoms with Gasteiger partial charge in [-0.2, -0.15) is 18.3 Å². The number of nitrogen functional groups attached to an aromatic ring is 1. The SMILES string of the molecule is CC(=O)N(C)C1CC2C(C1)C2c1cc(-c2cnc(N)c(C(F)(F)F)c2)nn1C(C)C. The lowest BCUT2D eigenvalue weighted by Gasteiger charge is -2.25. The number of pyridine rings is 1. The number of rotatable bonds is 4. The fourth-order valence-corrected chi connectivity index (χ4v) is 4.88. The van der Waals surface area contributed by atoms with E-state index in [0.717, 1.165) is 24.6 Å². The molecule has 2 aromatic rings. The summed E-state index contributed by atoms with van der Waals surface area (Å²) in [6.07, 6.45) is -1.33. The van der Waals surface area contributed by atoms with Gasteiger partial charge >= 0.3 is 6.18 Å². The lowest BCUT2D eigenvalue weighted by molar-refractivity contribution is -0.137. The molecular weight excluding hydrogens is 395 g/mol. The van der Waals surface area contributed by atoms with Gasteiger partial charge in [0.15, 0.2) is 0 Å². The van der Waals surface area contributed by atoms with Gasteiger partial charge in [-0.25, -0.2) is 4.98 Å². The summed E-state index contributed by atoms with van der Waals surface area (Å²) in [6, 6.07) is 3.25. The lowest BCUT2D eigenvalue weighted by atomic mass is 10.0. The van der Waals surface area contributed by atoms with E-state index in [1.807, 2.05) is 36.5 Å². The zero-order valence-electron chi connectivity index (χ0n) is 17.4. The Labute approximate surface area is 173 Å². The summed E-state index contributed by atoms with van der Waals surface area (Å²) in [5, 5.41) is 4.61. The van der Waals surface area contributed by atoms with Crippen molar-refractivity contribution in [2.75, 3.05) is 12.8 Å². The summed E-state index contributed by atoms with van der Waals surface area (Å²) in [5.74, 6) is 0.827. The minimum Gasteiger partial charge on any atom is -0.383 e. The molecule has 2 saturated carbocycles. The molecule has 2 aliphatic carbocycles. The Morgan fingerprint density at radius 2 is 1.90 bits per heavy atom. The molecule has 0 saturated heterocycles. The highest BCUT2D eigenvalue weighted by Crippen LogP contribution is 2.64. The van der Waals surface area contributed by atoms with Crippen LogP contribution in [0.25, 0.3) is 11.3 Å². The number of amides is 1. The van der Waals surface area contributed by atoms with Crippen molar-refractivity contribution in [2.24, 2.45) is 11.8 Å². The molecule has 2 atom stereocenters. The minimum atomic E-state index is -4.57. The number of hydrogen-bond donors (Lipinski definition) is 1. The number of aromatic nitrogens is 3. The number of nitrogens with zero attached hydrogens (tertiary/aromatic N) is 4. The molecule has 2 N–H and O–H groups in total. The first kappa shape index (κ1) is 20.7. The summed E-state index contributed by atoms with van der Waals surface area (Å²) in [5.41, 5.74) is 6.31. The summed E-state index contributed by atoms with van der Waals surface area (Å²) >= 11 is 0. The average Bonchev–Trinajstić information content (AvgIpc) is 3.02. The fraction of sp³-hybridized carbons (Fsp3) is 0.571. The Bertz CT molecular complexity index is 972. The first-order chi connectivity index (χ1) is 14.0. The van der Waals surface area contributed by atoms with E-state index >= 15 is 0 Å². The number of nitrogens with two attached hydrogens (primary N) is 1. The molecule has 2 fully saturated rings. The van der Waals surface area contributed by atoms with E-state index in [1.54, 1.807) is 6.92 Å². The number of hydrogen-bond acceptors (Lipinski definition) is 4. The van der Waals surface area contributed by atoms with E-state index in [4.69, 9.17) is 5.73 Å². The molecule has 2 heterocycles. The van der Waals surface area contributed by atoms with Crippen molar-refractivity contribution >= 4 is 11.7 Å². The predicted octanol–water partition coefficient (Wildman–Crippen LogP) is 4.10. The van der Waals surface area contributed by atoms with Gasteiger partial charge in [0, 0.05) is 49.4 Å². The maximum atomic E-state index is 13.2. The normalized spacial score (nSPS) is 25.5. The van der Waals surface area contributed by atoms with E-state index in [2.05, 4.69) is 10.1 Å². The van der Waals surface area contributed by atoms with Crippen LogP contribution < -0.4 is 5.73 Å². The third-order valence-corrected chi connectivity index (χ3v) is 6.58. The molecule has 6 nitrogen and oxygen atoms in total.